The second-order valence-electron chi connectivity index (χ2n) is 9.83. The summed E-state index contributed by atoms with van der Waals surface area (Å²) in [7, 11) is -1.13. The molecule has 8 nitrogen and oxygen atoms in total. The molecule has 1 radical (unpaired) electrons. The lowest BCUT2D eigenvalue weighted by molar-refractivity contribution is -0.150. The molecule has 0 spiro atoms. The van der Waals surface area contributed by atoms with E-state index in [-0.39, 0.29) is 29.0 Å². The molecule has 2 aromatic rings. The van der Waals surface area contributed by atoms with Crippen LogP contribution in [0.1, 0.15) is 48.0 Å². The monoisotopic (exact) mass is 421 g/mol. The van der Waals surface area contributed by atoms with Crippen LogP contribution in [0.2, 0.25) is 13.1 Å². The number of hydrogen-bond acceptors (Lipinski definition) is 6. The van der Waals surface area contributed by atoms with Crippen LogP contribution in [0, 0.1) is 0 Å². The van der Waals surface area contributed by atoms with Crippen molar-refractivity contribution < 1.29 is 14.2 Å². The summed E-state index contributed by atoms with van der Waals surface area (Å²) in [5.41, 5.74) is -0.0404. The average molecular weight is 422 g/mol. The van der Waals surface area contributed by atoms with E-state index in [2.05, 4.69) is 28.0 Å². The van der Waals surface area contributed by atoms with Crippen LogP contribution in [0.25, 0.3) is 11.2 Å². The van der Waals surface area contributed by atoms with Gasteiger partial charge in [0.05, 0.1) is 36.6 Å². The number of fused-ring (bicyclic) bond motifs is 1. The van der Waals surface area contributed by atoms with Crippen molar-refractivity contribution >= 4 is 20.0 Å². The summed E-state index contributed by atoms with van der Waals surface area (Å²) in [6, 6.07) is 0. The van der Waals surface area contributed by atoms with Crippen molar-refractivity contribution in [3.05, 3.63) is 23.0 Å². The van der Waals surface area contributed by atoms with Gasteiger partial charge < -0.3 is 19.2 Å². The molecule has 29 heavy (non-hydrogen) atoms. The van der Waals surface area contributed by atoms with E-state index < -0.39 is 14.1 Å². The zero-order valence-corrected chi connectivity index (χ0v) is 19.7. The van der Waals surface area contributed by atoms with Gasteiger partial charge in [0.1, 0.15) is 14.9 Å². The van der Waals surface area contributed by atoms with Crippen LogP contribution in [0.15, 0.2) is 17.4 Å². The number of aromatic amines is 1. The number of rotatable bonds is 5. The molecule has 0 aromatic carbocycles. The van der Waals surface area contributed by atoms with Crippen molar-refractivity contribution in [1.82, 2.24) is 19.5 Å². The number of nitrogens with zero attached hydrogens (tertiary/aromatic N) is 3. The third-order valence-electron chi connectivity index (χ3n) is 4.87. The summed E-state index contributed by atoms with van der Waals surface area (Å²) in [6.45, 7) is 17.1. The fourth-order valence-electron chi connectivity index (χ4n) is 3.76. The van der Waals surface area contributed by atoms with E-state index in [1.165, 1.54) is 6.33 Å². The predicted octanol–water partition coefficient (Wildman–Crippen LogP) is 2.85. The lowest BCUT2D eigenvalue weighted by Crippen LogP contribution is -2.55. The molecule has 0 amide bonds. The maximum Gasteiger partial charge on any atom is 0.278 e. The Labute approximate surface area is 173 Å². The molecule has 3 heterocycles. The highest BCUT2D eigenvalue weighted by Gasteiger charge is 2.55. The Balaban J connectivity index is 2.08. The van der Waals surface area contributed by atoms with Crippen molar-refractivity contribution in [2.75, 3.05) is 6.61 Å². The first kappa shape index (κ1) is 22.1. The van der Waals surface area contributed by atoms with Crippen LogP contribution in [0.5, 0.6) is 0 Å². The quantitative estimate of drug-likeness (QED) is 0.747. The number of nitrogens with one attached hydrogen (secondary N) is 1. The van der Waals surface area contributed by atoms with Gasteiger partial charge in [0.25, 0.3) is 5.56 Å². The van der Waals surface area contributed by atoms with Gasteiger partial charge in [0, 0.05) is 6.42 Å². The SMILES string of the molecule is C[Si](C)[C@@]1(n2cnc3c(=O)[nH]cnc32)O[C@H](COC(C)(C)C)C[C@H]1OC(C)(C)C. The zero-order valence-electron chi connectivity index (χ0n) is 18.7. The molecular formula is C20H33N4O4Si. The molecule has 0 unspecified atom stereocenters. The number of ether oxygens (including phenoxy) is 3. The van der Waals surface area contributed by atoms with E-state index in [9.17, 15) is 4.79 Å². The Hall–Kier alpha value is -1.55. The van der Waals surface area contributed by atoms with Crippen molar-refractivity contribution in [2.45, 2.75) is 89.8 Å². The Kier molecular flexibility index (Phi) is 5.81. The Morgan fingerprint density at radius 1 is 1.24 bits per heavy atom. The largest absolute Gasteiger partial charge is 0.373 e. The van der Waals surface area contributed by atoms with E-state index in [1.807, 2.05) is 46.1 Å². The summed E-state index contributed by atoms with van der Waals surface area (Å²) in [6.07, 6.45) is 3.44. The summed E-state index contributed by atoms with van der Waals surface area (Å²) in [4.78, 5) is 23.5. The second-order valence-corrected chi connectivity index (χ2v) is 12.5. The molecule has 3 atom stereocenters. The summed E-state index contributed by atoms with van der Waals surface area (Å²) in [5, 5.41) is -0.751. The van der Waals surface area contributed by atoms with Gasteiger partial charge in [0.15, 0.2) is 16.5 Å². The van der Waals surface area contributed by atoms with Gasteiger partial charge >= 0.3 is 0 Å². The van der Waals surface area contributed by atoms with Gasteiger partial charge in [-0.25, -0.2) is 9.97 Å². The van der Waals surface area contributed by atoms with E-state index in [4.69, 9.17) is 14.2 Å². The highest BCUT2D eigenvalue weighted by molar-refractivity contribution is 6.58. The molecule has 0 saturated carbocycles. The fourth-order valence-corrected chi connectivity index (χ4v) is 5.63. The molecule has 0 aliphatic carbocycles. The average Bonchev–Trinajstić information content (AvgIpc) is 3.14. The minimum Gasteiger partial charge on any atom is -0.373 e. The van der Waals surface area contributed by atoms with Gasteiger partial charge in [-0.2, -0.15) is 0 Å². The highest BCUT2D eigenvalue weighted by atomic mass is 28.3. The number of imidazole rings is 1. The van der Waals surface area contributed by atoms with E-state index in [0.29, 0.717) is 24.2 Å². The molecule has 1 aliphatic rings. The van der Waals surface area contributed by atoms with E-state index >= 15 is 0 Å². The van der Waals surface area contributed by atoms with E-state index in [1.54, 1.807) is 6.33 Å². The van der Waals surface area contributed by atoms with Crippen molar-refractivity contribution in [2.24, 2.45) is 0 Å². The standard InChI is InChI=1S/C20H33N4O4Si/c1-18(2,3)26-10-13-9-14(28-19(4,5)6)20(27-13,29(7)8)24-12-23-15-16(24)21-11-22-17(15)25/h11-14H,9-10H2,1-8H3,(H,21,22,25)/t13-,14+,20-/m0/s1. The van der Waals surface area contributed by atoms with Gasteiger partial charge in [-0.3, -0.25) is 9.36 Å². The Morgan fingerprint density at radius 2 is 1.93 bits per heavy atom. The maximum atomic E-state index is 12.2. The maximum absolute atomic E-state index is 12.2. The lowest BCUT2D eigenvalue weighted by atomic mass is 10.1. The number of aromatic nitrogens is 4. The van der Waals surface area contributed by atoms with Crippen molar-refractivity contribution in [3.8, 4) is 0 Å². The molecule has 161 valence electrons. The molecule has 1 saturated heterocycles. The minimum atomic E-state index is -1.13. The van der Waals surface area contributed by atoms with Crippen LogP contribution in [0.3, 0.4) is 0 Å². The molecule has 0 bridgehead atoms. The molecular weight excluding hydrogens is 388 g/mol. The fraction of sp³-hybridized carbons (Fsp3) is 0.750. The first-order chi connectivity index (χ1) is 13.3. The number of hydrogen-bond donors (Lipinski definition) is 1. The lowest BCUT2D eigenvalue weighted by Gasteiger charge is -2.41. The van der Waals surface area contributed by atoms with Gasteiger partial charge in [-0.1, -0.05) is 13.1 Å². The molecule has 3 rings (SSSR count). The van der Waals surface area contributed by atoms with Gasteiger partial charge in [-0.15, -0.1) is 0 Å². The van der Waals surface area contributed by atoms with Gasteiger partial charge in [-0.05, 0) is 41.5 Å². The van der Waals surface area contributed by atoms with Crippen LogP contribution in [-0.4, -0.2) is 58.3 Å². The molecule has 1 fully saturated rings. The Bertz CT molecular complexity index is 912. The zero-order chi connectivity index (χ0) is 21.6. The first-order valence-electron chi connectivity index (χ1n) is 10.0. The van der Waals surface area contributed by atoms with Crippen LogP contribution in [-0.2, 0) is 19.6 Å². The molecule has 9 heteroatoms. The molecule has 1 aliphatic heterocycles. The summed E-state index contributed by atoms with van der Waals surface area (Å²) >= 11 is 0. The predicted molar refractivity (Wildman–Crippen MR) is 113 cm³/mol. The highest BCUT2D eigenvalue weighted by Crippen LogP contribution is 2.42. The summed E-state index contributed by atoms with van der Waals surface area (Å²) < 4.78 is 21.2. The van der Waals surface area contributed by atoms with E-state index in [0.717, 1.165) is 0 Å². The Morgan fingerprint density at radius 3 is 2.52 bits per heavy atom. The third kappa shape index (κ3) is 4.47. The van der Waals surface area contributed by atoms with Crippen LogP contribution in [0.4, 0.5) is 0 Å². The molecule has 1 N–H and O–H groups in total. The normalized spacial score (nSPS) is 26.0. The topological polar surface area (TPSA) is 91.3 Å². The molecule has 2 aromatic heterocycles. The van der Waals surface area contributed by atoms with Crippen LogP contribution < -0.4 is 5.56 Å². The third-order valence-corrected chi connectivity index (χ3v) is 6.99. The van der Waals surface area contributed by atoms with Gasteiger partial charge in [0.2, 0.25) is 0 Å². The first-order valence-corrected chi connectivity index (χ1v) is 12.5. The smallest absolute Gasteiger partial charge is 0.278 e. The summed E-state index contributed by atoms with van der Waals surface area (Å²) in [5.74, 6) is 0. The number of H-pyrrole nitrogens is 1. The van der Waals surface area contributed by atoms with Crippen molar-refractivity contribution in [3.63, 3.8) is 0 Å². The second kappa shape index (κ2) is 7.61. The van der Waals surface area contributed by atoms with Crippen LogP contribution >= 0.6 is 0 Å². The van der Waals surface area contributed by atoms with Crippen molar-refractivity contribution in [1.29, 1.82) is 0 Å². The minimum absolute atomic E-state index is 0.124.